The maximum atomic E-state index is 12.6. The van der Waals surface area contributed by atoms with Crippen LogP contribution in [-0.2, 0) is 26.1 Å². The molecule has 0 aliphatic carbocycles. The lowest BCUT2D eigenvalue weighted by Crippen LogP contribution is -2.28. The van der Waals surface area contributed by atoms with Gasteiger partial charge in [-0.15, -0.1) is 0 Å². The highest BCUT2D eigenvalue weighted by Crippen LogP contribution is 2.32. The molecular formula is C20H19F3N2O5S. The first-order valence-corrected chi connectivity index (χ1v) is 10.5. The van der Waals surface area contributed by atoms with Crippen molar-refractivity contribution in [3.8, 4) is 11.8 Å². The topological polar surface area (TPSA) is 105 Å². The van der Waals surface area contributed by atoms with E-state index in [1.54, 1.807) is 38.1 Å². The fourth-order valence-corrected chi connectivity index (χ4v) is 3.11. The molecule has 0 bridgehead atoms. The monoisotopic (exact) mass is 456 g/mol. The molecule has 0 radical (unpaired) electrons. The summed E-state index contributed by atoms with van der Waals surface area (Å²) in [5.41, 5.74) is -4.17. The Morgan fingerprint density at radius 3 is 2.32 bits per heavy atom. The van der Waals surface area contributed by atoms with Gasteiger partial charge < -0.3 is 14.2 Å². The number of nitrogens with zero attached hydrogens (tertiary/aromatic N) is 1. The van der Waals surface area contributed by atoms with Gasteiger partial charge in [0.1, 0.15) is 5.75 Å². The molecular weight excluding hydrogens is 437 g/mol. The molecule has 11 heteroatoms. The third-order valence-corrected chi connectivity index (χ3v) is 5.09. The van der Waals surface area contributed by atoms with Crippen LogP contribution in [0, 0.1) is 11.3 Å². The normalized spacial score (nSPS) is 12.5. The Bertz CT molecular complexity index is 1080. The zero-order valence-electron chi connectivity index (χ0n) is 16.6. The highest BCUT2D eigenvalue weighted by Gasteiger charge is 2.48. The lowest BCUT2D eigenvalue weighted by molar-refractivity contribution is -0.144. The van der Waals surface area contributed by atoms with Gasteiger partial charge in [-0.3, -0.25) is 0 Å². The molecule has 0 aliphatic heterocycles. The molecule has 7 nitrogen and oxygen atoms in total. The molecule has 0 saturated heterocycles. The second-order valence-corrected chi connectivity index (χ2v) is 7.76. The van der Waals surface area contributed by atoms with Crippen molar-refractivity contribution < 1.29 is 35.3 Å². The van der Waals surface area contributed by atoms with E-state index in [0.717, 1.165) is 6.07 Å². The molecule has 1 atom stereocenters. The number of nitrogens with one attached hydrogen (secondary N) is 1. The molecule has 0 saturated carbocycles. The molecule has 1 unspecified atom stereocenters. The van der Waals surface area contributed by atoms with Crippen LogP contribution in [0.25, 0.3) is 0 Å². The first kappa shape index (κ1) is 24.0. The highest BCUT2D eigenvalue weighted by molar-refractivity contribution is 7.88. The van der Waals surface area contributed by atoms with E-state index in [0.29, 0.717) is 16.8 Å². The fourth-order valence-electron chi connectivity index (χ4n) is 2.61. The van der Waals surface area contributed by atoms with Crippen LogP contribution in [0.3, 0.4) is 0 Å². The Labute approximate surface area is 177 Å². The molecule has 0 aromatic heterocycles. The third kappa shape index (κ3) is 5.88. The summed E-state index contributed by atoms with van der Waals surface area (Å²) in [4.78, 5) is 12.5. The van der Waals surface area contributed by atoms with Crippen molar-refractivity contribution in [1.29, 1.82) is 5.26 Å². The Hall–Kier alpha value is -3.26. The number of aryl methyl sites for hydroxylation is 1. The predicted molar refractivity (Wildman–Crippen MR) is 106 cm³/mol. The summed E-state index contributed by atoms with van der Waals surface area (Å²) in [6.07, 6.45) is 0.142. The van der Waals surface area contributed by atoms with Gasteiger partial charge >= 0.3 is 21.6 Å². The lowest BCUT2D eigenvalue weighted by Gasteiger charge is -2.20. The minimum absolute atomic E-state index is 0.0933. The average Bonchev–Trinajstić information content (AvgIpc) is 2.72. The van der Waals surface area contributed by atoms with Crippen LogP contribution in [0.15, 0.2) is 42.5 Å². The van der Waals surface area contributed by atoms with E-state index in [1.165, 1.54) is 12.1 Å². The van der Waals surface area contributed by atoms with Crippen LogP contribution in [0.4, 0.5) is 18.9 Å². The van der Waals surface area contributed by atoms with Gasteiger partial charge in [-0.1, -0.05) is 13.0 Å². The second kappa shape index (κ2) is 9.70. The Morgan fingerprint density at radius 2 is 1.81 bits per heavy atom. The molecule has 166 valence electrons. The van der Waals surface area contributed by atoms with E-state index in [1.807, 2.05) is 6.07 Å². The summed E-state index contributed by atoms with van der Waals surface area (Å²) >= 11 is 0. The van der Waals surface area contributed by atoms with E-state index in [-0.39, 0.29) is 18.6 Å². The zero-order chi connectivity index (χ0) is 23.2. The van der Waals surface area contributed by atoms with E-state index in [2.05, 4.69) is 9.50 Å². The molecule has 0 fully saturated rings. The molecule has 0 amide bonds. The molecule has 0 spiro atoms. The highest BCUT2D eigenvalue weighted by atomic mass is 32.2. The Kier molecular flexibility index (Phi) is 7.51. The quantitative estimate of drug-likeness (QED) is 0.363. The van der Waals surface area contributed by atoms with Gasteiger partial charge in [-0.05, 0) is 60.9 Å². The van der Waals surface area contributed by atoms with Gasteiger partial charge in [0.15, 0.2) is 6.04 Å². The molecule has 2 rings (SSSR count). The van der Waals surface area contributed by atoms with Crippen LogP contribution in [0.5, 0.6) is 5.75 Å². The van der Waals surface area contributed by atoms with Crippen LogP contribution in [-0.4, -0.2) is 26.5 Å². The summed E-state index contributed by atoms with van der Waals surface area (Å²) in [5.74, 6) is -1.13. The molecule has 0 aliphatic rings. The smallest absolute Gasteiger partial charge is 0.464 e. The molecule has 1 N–H and O–H groups in total. The SMILES string of the molecule is CCOC(=O)C(Nc1ccc(C#N)cc1)c1ccc(OS(=O)(=O)C(F)(F)F)c(CC)c1. The van der Waals surface area contributed by atoms with Gasteiger partial charge in [0.25, 0.3) is 0 Å². The third-order valence-electron chi connectivity index (χ3n) is 4.13. The minimum Gasteiger partial charge on any atom is -0.464 e. The standard InChI is InChI=1S/C20H19F3N2O5S/c1-3-14-11-15(7-10-17(14)30-31(27,28)20(21,22)23)18(19(26)29-4-2)25-16-8-5-13(12-24)6-9-16/h5-11,18,25H,3-4H2,1-2H3. The van der Waals surface area contributed by atoms with Crippen molar-refractivity contribution in [2.75, 3.05) is 11.9 Å². The fraction of sp³-hybridized carbons (Fsp3) is 0.300. The summed E-state index contributed by atoms with van der Waals surface area (Å²) in [6, 6.07) is 10.9. The maximum Gasteiger partial charge on any atom is 0.534 e. The number of rotatable bonds is 8. The van der Waals surface area contributed by atoms with Gasteiger partial charge in [0.05, 0.1) is 18.2 Å². The number of carbonyl (C=O) groups excluding carboxylic acids is 1. The number of esters is 1. The number of benzene rings is 2. The van der Waals surface area contributed by atoms with Crippen molar-refractivity contribution in [1.82, 2.24) is 0 Å². The predicted octanol–water partition coefficient (Wildman–Crippen LogP) is 4.07. The number of alkyl halides is 3. The number of hydrogen-bond acceptors (Lipinski definition) is 7. The van der Waals surface area contributed by atoms with Crippen molar-refractivity contribution in [3.05, 3.63) is 59.2 Å². The number of carbonyl (C=O) groups is 1. The first-order chi connectivity index (χ1) is 14.5. The number of hydrogen-bond donors (Lipinski definition) is 1. The Morgan fingerprint density at radius 1 is 1.16 bits per heavy atom. The van der Waals surface area contributed by atoms with Crippen molar-refractivity contribution in [2.24, 2.45) is 0 Å². The van der Waals surface area contributed by atoms with E-state index >= 15 is 0 Å². The lowest BCUT2D eigenvalue weighted by atomic mass is 10.0. The van der Waals surface area contributed by atoms with Gasteiger partial charge in [-0.2, -0.15) is 26.9 Å². The van der Waals surface area contributed by atoms with Crippen LogP contribution >= 0.6 is 0 Å². The molecule has 31 heavy (non-hydrogen) atoms. The summed E-state index contributed by atoms with van der Waals surface area (Å²) in [5, 5.41) is 11.8. The number of halogens is 3. The first-order valence-electron chi connectivity index (χ1n) is 9.09. The van der Waals surface area contributed by atoms with Crippen molar-refractivity contribution >= 4 is 21.8 Å². The van der Waals surface area contributed by atoms with Crippen LogP contribution in [0.2, 0.25) is 0 Å². The van der Waals surface area contributed by atoms with Gasteiger partial charge in [0, 0.05) is 5.69 Å². The van der Waals surface area contributed by atoms with Crippen molar-refractivity contribution in [3.63, 3.8) is 0 Å². The number of nitriles is 1. The molecule has 2 aromatic rings. The maximum absolute atomic E-state index is 12.6. The van der Waals surface area contributed by atoms with E-state index in [9.17, 15) is 26.4 Å². The van der Waals surface area contributed by atoms with Crippen LogP contribution < -0.4 is 9.50 Å². The summed E-state index contributed by atoms with van der Waals surface area (Å²) < 4.78 is 69.9. The number of ether oxygens (including phenoxy) is 1. The van der Waals surface area contributed by atoms with Gasteiger partial charge in [-0.25, -0.2) is 4.79 Å². The molecule has 2 aromatic carbocycles. The average molecular weight is 456 g/mol. The number of anilines is 1. The van der Waals surface area contributed by atoms with E-state index in [4.69, 9.17) is 10.00 Å². The zero-order valence-corrected chi connectivity index (χ0v) is 17.4. The van der Waals surface area contributed by atoms with Crippen molar-refractivity contribution in [2.45, 2.75) is 31.8 Å². The van der Waals surface area contributed by atoms with Gasteiger partial charge in [0.2, 0.25) is 0 Å². The minimum atomic E-state index is -5.83. The summed E-state index contributed by atoms with van der Waals surface area (Å²) in [7, 11) is -5.83. The molecule has 0 heterocycles. The Balaban J connectivity index is 2.41. The largest absolute Gasteiger partial charge is 0.534 e. The summed E-state index contributed by atoms with van der Waals surface area (Å²) in [6.45, 7) is 3.31. The van der Waals surface area contributed by atoms with E-state index < -0.39 is 33.4 Å². The second-order valence-electron chi connectivity index (χ2n) is 6.22. The van der Waals surface area contributed by atoms with Crippen LogP contribution in [0.1, 0.15) is 36.6 Å².